The van der Waals surface area contributed by atoms with E-state index in [1.54, 1.807) is 12.1 Å². The highest BCUT2D eigenvalue weighted by Crippen LogP contribution is 2.42. The minimum absolute atomic E-state index is 0.0763. The summed E-state index contributed by atoms with van der Waals surface area (Å²) in [6, 6.07) is 8.54. The Bertz CT molecular complexity index is 767. The molecule has 2 aromatic rings. The van der Waals surface area contributed by atoms with Gasteiger partial charge in [-0.05, 0) is 47.9 Å². The van der Waals surface area contributed by atoms with Gasteiger partial charge in [0.05, 0.1) is 9.85 Å². The Balaban J connectivity index is 2.43. The summed E-state index contributed by atoms with van der Waals surface area (Å²) in [5.41, 5.74) is 0.759. The predicted octanol–water partition coefficient (Wildman–Crippen LogP) is 4.60. The Labute approximate surface area is 150 Å². The zero-order valence-corrected chi connectivity index (χ0v) is 14.5. The van der Waals surface area contributed by atoms with Crippen LogP contribution in [0.25, 0.3) is 0 Å². The van der Waals surface area contributed by atoms with Crippen LogP contribution in [0.1, 0.15) is 49.7 Å². The van der Waals surface area contributed by atoms with Crippen LogP contribution in [0, 0.1) is 20.2 Å². The summed E-state index contributed by atoms with van der Waals surface area (Å²) < 4.78 is 0. The summed E-state index contributed by atoms with van der Waals surface area (Å²) in [6.07, 6.45) is 1.38. The first kappa shape index (κ1) is 19.2. The number of benzene rings is 2. The van der Waals surface area contributed by atoms with Gasteiger partial charge < -0.3 is 10.2 Å². The van der Waals surface area contributed by atoms with Gasteiger partial charge in [-0.3, -0.25) is 20.2 Å². The van der Waals surface area contributed by atoms with E-state index in [0.29, 0.717) is 12.8 Å². The number of phenols is 2. The van der Waals surface area contributed by atoms with E-state index in [4.69, 9.17) is 0 Å². The first-order valence-corrected chi connectivity index (χ1v) is 8.24. The monoisotopic (exact) mass is 360 g/mol. The molecule has 0 aliphatic carbocycles. The van der Waals surface area contributed by atoms with Crippen molar-refractivity contribution in [2.24, 2.45) is 0 Å². The molecule has 0 aliphatic rings. The van der Waals surface area contributed by atoms with Crippen molar-refractivity contribution >= 4 is 11.4 Å². The molecule has 0 bridgehead atoms. The maximum Gasteiger partial charge on any atom is 0.310 e. The standard InChI is InChI=1S/C18H20N2O6/c1-3-13(11-5-7-15(19(23)24)17(21)9-11)14(4-2)12-6-8-16(20(25)26)18(22)10-12/h5-10,13-14,21-22H,3-4H2,1-2H3. The topological polar surface area (TPSA) is 127 Å². The smallest absolute Gasteiger partial charge is 0.310 e. The number of nitro groups is 2. The molecule has 0 fully saturated rings. The van der Waals surface area contributed by atoms with Gasteiger partial charge >= 0.3 is 11.4 Å². The molecule has 2 aromatic carbocycles. The van der Waals surface area contributed by atoms with E-state index in [-0.39, 0.29) is 23.2 Å². The molecule has 138 valence electrons. The Hall–Kier alpha value is -3.16. The third-order valence-electron chi connectivity index (χ3n) is 4.61. The van der Waals surface area contributed by atoms with Gasteiger partial charge in [0.15, 0.2) is 11.5 Å². The highest BCUT2D eigenvalue weighted by molar-refractivity contribution is 5.50. The van der Waals surface area contributed by atoms with Crippen LogP contribution in [0.4, 0.5) is 11.4 Å². The number of aromatic hydroxyl groups is 2. The minimum atomic E-state index is -0.647. The van der Waals surface area contributed by atoms with E-state index in [2.05, 4.69) is 0 Å². The molecule has 0 heterocycles. The Morgan fingerprint density at radius 1 is 0.808 bits per heavy atom. The lowest BCUT2D eigenvalue weighted by molar-refractivity contribution is -0.386. The number of rotatable bonds is 7. The lowest BCUT2D eigenvalue weighted by Crippen LogP contribution is -2.10. The second-order valence-corrected chi connectivity index (χ2v) is 6.04. The summed E-state index contributed by atoms with van der Waals surface area (Å²) in [7, 11) is 0. The molecule has 0 aliphatic heterocycles. The molecule has 2 unspecified atom stereocenters. The molecule has 0 saturated heterocycles. The normalized spacial score (nSPS) is 13.2. The fourth-order valence-electron chi connectivity index (χ4n) is 3.36. The van der Waals surface area contributed by atoms with Gasteiger partial charge in [0.2, 0.25) is 0 Å². The van der Waals surface area contributed by atoms with Crippen molar-refractivity contribution in [2.45, 2.75) is 38.5 Å². The van der Waals surface area contributed by atoms with Gasteiger partial charge in [0.1, 0.15) is 0 Å². The molecule has 0 saturated carbocycles. The molecule has 8 heteroatoms. The van der Waals surface area contributed by atoms with E-state index in [0.717, 1.165) is 11.1 Å². The second-order valence-electron chi connectivity index (χ2n) is 6.04. The van der Waals surface area contributed by atoms with E-state index in [1.165, 1.54) is 24.3 Å². The van der Waals surface area contributed by atoms with Crippen LogP contribution < -0.4 is 0 Å². The molecule has 2 N–H and O–H groups in total. The minimum Gasteiger partial charge on any atom is -0.502 e. The average Bonchev–Trinajstić information content (AvgIpc) is 2.58. The molecule has 2 atom stereocenters. The number of nitro benzene ring substituents is 2. The summed E-state index contributed by atoms with van der Waals surface area (Å²) in [5.74, 6) is -0.945. The molecule has 0 aromatic heterocycles. The molecule has 0 amide bonds. The van der Waals surface area contributed by atoms with Crippen LogP contribution in [-0.2, 0) is 0 Å². The highest BCUT2D eigenvalue weighted by Gasteiger charge is 2.26. The predicted molar refractivity (Wildman–Crippen MR) is 95.6 cm³/mol. The quantitative estimate of drug-likeness (QED) is 0.548. The molecule has 0 spiro atoms. The van der Waals surface area contributed by atoms with Crippen molar-refractivity contribution in [3.05, 3.63) is 67.8 Å². The molecule has 26 heavy (non-hydrogen) atoms. The molecule has 0 radical (unpaired) electrons. The van der Waals surface area contributed by atoms with Gasteiger partial charge in [-0.2, -0.15) is 0 Å². The third-order valence-corrected chi connectivity index (χ3v) is 4.61. The van der Waals surface area contributed by atoms with Crippen LogP contribution in [0.5, 0.6) is 11.5 Å². The Morgan fingerprint density at radius 3 is 1.38 bits per heavy atom. The summed E-state index contributed by atoms with van der Waals surface area (Å²) in [5, 5.41) is 41.6. The van der Waals surface area contributed by atoms with Gasteiger partial charge in [0, 0.05) is 12.1 Å². The third kappa shape index (κ3) is 3.74. The van der Waals surface area contributed by atoms with Crippen LogP contribution in [0.3, 0.4) is 0 Å². The van der Waals surface area contributed by atoms with Crippen molar-refractivity contribution in [1.29, 1.82) is 0 Å². The molecular formula is C18H20N2O6. The van der Waals surface area contributed by atoms with Crippen molar-refractivity contribution in [3.8, 4) is 11.5 Å². The largest absolute Gasteiger partial charge is 0.502 e. The summed E-state index contributed by atoms with van der Waals surface area (Å²) in [4.78, 5) is 20.4. The van der Waals surface area contributed by atoms with Crippen LogP contribution in [0.15, 0.2) is 36.4 Å². The summed E-state index contributed by atoms with van der Waals surface area (Å²) >= 11 is 0. The second kappa shape index (κ2) is 7.81. The SMILES string of the molecule is CCC(c1ccc([N+](=O)[O-])c(O)c1)C(CC)c1ccc([N+](=O)[O-])c(O)c1. The number of hydrogen-bond donors (Lipinski definition) is 2. The van der Waals surface area contributed by atoms with E-state index >= 15 is 0 Å². The number of nitrogens with zero attached hydrogens (tertiary/aromatic N) is 2. The molecule has 8 nitrogen and oxygen atoms in total. The first-order valence-electron chi connectivity index (χ1n) is 8.24. The number of hydrogen-bond acceptors (Lipinski definition) is 6. The van der Waals surface area contributed by atoms with Gasteiger partial charge in [-0.1, -0.05) is 26.0 Å². The van der Waals surface area contributed by atoms with Crippen molar-refractivity contribution in [1.82, 2.24) is 0 Å². The fourth-order valence-corrected chi connectivity index (χ4v) is 3.36. The lowest BCUT2D eigenvalue weighted by atomic mass is 9.78. The Kier molecular flexibility index (Phi) is 5.76. The van der Waals surface area contributed by atoms with Crippen molar-refractivity contribution in [2.75, 3.05) is 0 Å². The zero-order valence-electron chi connectivity index (χ0n) is 14.5. The van der Waals surface area contributed by atoms with Crippen LogP contribution in [-0.4, -0.2) is 20.1 Å². The maximum absolute atomic E-state index is 10.9. The van der Waals surface area contributed by atoms with Gasteiger partial charge in [0.25, 0.3) is 0 Å². The lowest BCUT2D eigenvalue weighted by Gasteiger charge is -2.26. The summed E-state index contributed by atoms with van der Waals surface area (Å²) in [6.45, 7) is 3.91. The van der Waals surface area contributed by atoms with Crippen molar-refractivity contribution < 1.29 is 20.1 Å². The first-order chi connectivity index (χ1) is 12.3. The maximum atomic E-state index is 10.9. The van der Waals surface area contributed by atoms with E-state index < -0.39 is 21.3 Å². The van der Waals surface area contributed by atoms with E-state index in [1.807, 2.05) is 13.8 Å². The molecular weight excluding hydrogens is 340 g/mol. The van der Waals surface area contributed by atoms with Crippen LogP contribution in [0.2, 0.25) is 0 Å². The highest BCUT2D eigenvalue weighted by atomic mass is 16.6. The van der Waals surface area contributed by atoms with Gasteiger partial charge in [-0.15, -0.1) is 0 Å². The Morgan fingerprint density at radius 2 is 1.15 bits per heavy atom. The average molecular weight is 360 g/mol. The van der Waals surface area contributed by atoms with Gasteiger partial charge in [-0.25, -0.2) is 0 Å². The molecule has 2 rings (SSSR count). The zero-order chi connectivity index (χ0) is 19.4. The van der Waals surface area contributed by atoms with Crippen LogP contribution >= 0.6 is 0 Å². The fraction of sp³-hybridized carbons (Fsp3) is 0.333. The van der Waals surface area contributed by atoms with E-state index in [9.17, 15) is 30.4 Å². The number of phenolic OH excluding ortho intramolecular Hbond substituents is 2. The van der Waals surface area contributed by atoms with Crippen molar-refractivity contribution in [3.63, 3.8) is 0 Å².